The zero-order chi connectivity index (χ0) is 16.8. The van der Waals surface area contributed by atoms with Gasteiger partial charge in [-0.25, -0.2) is 4.98 Å². The second kappa shape index (κ2) is 5.72. The molecular formula is C19H20N4O2. The predicted octanol–water partition coefficient (Wildman–Crippen LogP) is 3.06. The lowest BCUT2D eigenvalue weighted by molar-refractivity contribution is 0.0692. The maximum atomic E-state index is 13.0. The molecule has 6 nitrogen and oxygen atoms in total. The van der Waals surface area contributed by atoms with Crippen LogP contribution in [-0.2, 0) is 12.8 Å². The summed E-state index contributed by atoms with van der Waals surface area (Å²) in [5.74, 6) is 0.934. The first-order chi connectivity index (χ1) is 12.3. The number of H-pyrrole nitrogens is 1. The maximum absolute atomic E-state index is 13.0. The molecule has 2 aliphatic rings. The standard InChI is InChI=1S/C19H20N4O2/c24-19(17-13-6-3-8-14(13)21-22-17)23-10-4-5-12(11-23)18-20-15-7-1-2-9-16(15)25-18/h1-2,7,9,12H,3-6,8,10-11H2,(H,21,22). The number of hydrogen-bond acceptors (Lipinski definition) is 4. The van der Waals surface area contributed by atoms with Gasteiger partial charge < -0.3 is 9.32 Å². The predicted molar refractivity (Wildman–Crippen MR) is 92.5 cm³/mol. The van der Waals surface area contributed by atoms with E-state index in [0.29, 0.717) is 12.2 Å². The Balaban J connectivity index is 1.39. The number of rotatable bonds is 2. The first kappa shape index (κ1) is 14.7. The third-order valence-corrected chi connectivity index (χ3v) is 5.38. The van der Waals surface area contributed by atoms with Crippen molar-refractivity contribution >= 4 is 17.0 Å². The van der Waals surface area contributed by atoms with Crippen molar-refractivity contribution in [1.82, 2.24) is 20.1 Å². The van der Waals surface area contributed by atoms with Crippen LogP contribution in [0.1, 0.15) is 52.8 Å². The Morgan fingerprint density at radius 2 is 2.16 bits per heavy atom. The average molecular weight is 336 g/mol. The fourth-order valence-electron chi connectivity index (χ4n) is 4.07. The molecule has 25 heavy (non-hydrogen) atoms. The van der Waals surface area contributed by atoms with E-state index in [-0.39, 0.29) is 11.8 Å². The third-order valence-electron chi connectivity index (χ3n) is 5.38. The summed E-state index contributed by atoms with van der Waals surface area (Å²) in [5.41, 5.74) is 4.56. The molecule has 0 saturated carbocycles. The van der Waals surface area contributed by atoms with E-state index in [4.69, 9.17) is 4.42 Å². The van der Waals surface area contributed by atoms with Gasteiger partial charge in [0.05, 0.1) is 5.92 Å². The molecular weight excluding hydrogens is 316 g/mol. The van der Waals surface area contributed by atoms with Gasteiger partial charge >= 0.3 is 0 Å². The second-order valence-electron chi connectivity index (χ2n) is 6.99. The molecule has 1 saturated heterocycles. The van der Waals surface area contributed by atoms with Crippen molar-refractivity contribution in [2.45, 2.75) is 38.0 Å². The fourth-order valence-corrected chi connectivity index (χ4v) is 4.07. The van der Waals surface area contributed by atoms with Crippen molar-refractivity contribution in [2.75, 3.05) is 13.1 Å². The minimum atomic E-state index is 0.0419. The molecule has 0 spiro atoms. The summed E-state index contributed by atoms with van der Waals surface area (Å²) < 4.78 is 5.93. The monoisotopic (exact) mass is 336 g/mol. The number of carbonyl (C=O) groups is 1. The van der Waals surface area contributed by atoms with Crippen molar-refractivity contribution in [3.63, 3.8) is 0 Å². The highest BCUT2D eigenvalue weighted by atomic mass is 16.3. The molecule has 1 atom stereocenters. The lowest BCUT2D eigenvalue weighted by Gasteiger charge is -2.31. The summed E-state index contributed by atoms with van der Waals surface area (Å²) in [6.45, 7) is 1.42. The molecule has 1 N–H and O–H groups in total. The molecule has 5 rings (SSSR count). The highest BCUT2D eigenvalue weighted by molar-refractivity contribution is 5.94. The SMILES string of the molecule is O=C(c1n[nH]c2c1CCC2)N1CCCC(c2nc3ccccc3o2)C1. The number of likely N-dealkylation sites (tertiary alicyclic amines) is 1. The third kappa shape index (κ3) is 2.44. The van der Waals surface area contributed by atoms with Gasteiger partial charge in [0.2, 0.25) is 0 Å². The summed E-state index contributed by atoms with van der Waals surface area (Å²) >= 11 is 0. The minimum absolute atomic E-state index is 0.0419. The van der Waals surface area contributed by atoms with Crippen LogP contribution in [-0.4, -0.2) is 39.1 Å². The first-order valence-corrected chi connectivity index (χ1v) is 9.00. The molecule has 1 amide bonds. The number of piperidine rings is 1. The number of nitrogens with zero attached hydrogens (tertiary/aromatic N) is 3. The molecule has 0 radical (unpaired) electrons. The van der Waals surface area contributed by atoms with E-state index in [0.717, 1.165) is 66.9 Å². The van der Waals surface area contributed by atoms with Crippen LogP contribution in [0.15, 0.2) is 28.7 Å². The van der Waals surface area contributed by atoms with Crippen molar-refractivity contribution in [3.8, 4) is 0 Å². The van der Waals surface area contributed by atoms with Gasteiger partial charge in [0.15, 0.2) is 17.2 Å². The van der Waals surface area contributed by atoms with Gasteiger partial charge in [-0.15, -0.1) is 0 Å². The first-order valence-electron chi connectivity index (χ1n) is 9.00. The van der Waals surface area contributed by atoms with Crippen LogP contribution >= 0.6 is 0 Å². The van der Waals surface area contributed by atoms with Crippen LogP contribution in [0.2, 0.25) is 0 Å². The number of hydrogen-bond donors (Lipinski definition) is 1. The van der Waals surface area contributed by atoms with Gasteiger partial charge in [-0.1, -0.05) is 12.1 Å². The Labute approximate surface area is 145 Å². The van der Waals surface area contributed by atoms with Gasteiger partial charge in [-0.2, -0.15) is 5.10 Å². The number of benzene rings is 1. The normalized spacial score (nSPS) is 20.2. The molecule has 1 fully saturated rings. The maximum Gasteiger partial charge on any atom is 0.274 e. The Hall–Kier alpha value is -2.63. The van der Waals surface area contributed by atoms with Crippen molar-refractivity contribution < 1.29 is 9.21 Å². The van der Waals surface area contributed by atoms with E-state index in [2.05, 4.69) is 15.2 Å². The topological polar surface area (TPSA) is 75.0 Å². The van der Waals surface area contributed by atoms with Crippen LogP contribution < -0.4 is 0 Å². The van der Waals surface area contributed by atoms with Crippen molar-refractivity contribution in [1.29, 1.82) is 0 Å². The summed E-state index contributed by atoms with van der Waals surface area (Å²) in [4.78, 5) is 19.5. The number of aromatic amines is 1. The van der Waals surface area contributed by atoms with Crippen LogP contribution in [0, 0.1) is 0 Å². The number of para-hydroxylation sites is 2. The van der Waals surface area contributed by atoms with Gasteiger partial charge in [0.1, 0.15) is 5.52 Å². The summed E-state index contributed by atoms with van der Waals surface area (Å²) in [5, 5.41) is 7.33. The van der Waals surface area contributed by atoms with Gasteiger partial charge in [0, 0.05) is 24.3 Å². The Bertz CT molecular complexity index is 909. The van der Waals surface area contributed by atoms with Crippen molar-refractivity contribution in [2.24, 2.45) is 0 Å². The zero-order valence-electron chi connectivity index (χ0n) is 14.0. The number of nitrogens with one attached hydrogen (secondary N) is 1. The molecule has 3 aromatic rings. The van der Waals surface area contributed by atoms with Gasteiger partial charge in [-0.3, -0.25) is 9.89 Å². The smallest absolute Gasteiger partial charge is 0.274 e. The molecule has 3 heterocycles. The quantitative estimate of drug-likeness (QED) is 0.780. The number of fused-ring (bicyclic) bond motifs is 2. The molecule has 0 bridgehead atoms. The van der Waals surface area contributed by atoms with Crippen LogP contribution in [0.5, 0.6) is 0 Å². The van der Waals surface area contributed by atoms with E-state index in [1.807, 2.05) is 29.2 Å². The Morgan fingerprint density at radius 1 is 1.24 bits per heavy atom. The molecule has 6 heteroatoms. The molecule has 1 aliphatic carbocycles. The van der Waals surface area contributed by atoms with E-state index < -0.39 is 0 Å². The molecule has 128 valence electrons. The summed E-state index contributed by atoms with van der Waals surface area (Å²) in [7, 11) is 0. The van der Waals surface area contributed by atoms with Crippen molar-refractivity contribution in [3.05, 3.63) is 47.1 Å². The lowest BCUT2D eigenvalue weighted by Crippen LogP contribution is -2.39. The van der Waals surface area contributed by atoms with Crippen LogP contribution in [0.3, 0.4) is 0 Å². The number of oxazole rings is 1. The lowest BCUT2D eigenvalue weighted by atomic mass is 9.97. The number of carbonyl (C=O) groups excluding carboxylic acids is 1. The highest BCUT2D eigenvalue weighted by Gasteiger charge is 2.32. The van der Waals surface area contributed by atoms with Crippen LogP contribution in [0.25, 0.3) is 11.1 Å². The van der Waals surface area contributed by atoms with Crippen LogP contribution in [0.4, 0.5) is 0 Å². The van der Waals surface area contributed by atoms with E-state index in [9.17, 15) is 4.79 Å². The largest absolute Gasteiger partial charge is 0.440 e. The average Bonchev–Trinajstić information content (AvgIpc) is 3.36. The zero-order valence-corrected chi connectivity index (χ0v) is 14.0. The summed E-state index contributed by atoms with van der Waals surface area (Å²) in [6, 6.07) is 7.81. The molecule has 1 aromatic carbocycles. The molecule has 1 aliphatic heterocycles. The summed E-state index contributed by atoms with van der Waals surface area (Å²) in [6.07, 6.45) is 5.02. The number of amides is 1. The van der Waals surface area contributed by atoms with E-state index in [1.54, 1.807) is 0 Å². The second-order valence-corrected chi connectivity index (χ2v) is 6.99. The number of aryl methyl sites for hydroxylation is 1. The molecule has 2 aromatic heterocycles. The Morgan fingerprint density at radius 3 is 3.08 bits per heavy atom. The highest BCUT2D eigenvalue weighted by Crippen LogP contribution is 2.30. The fraction of sp³-hybridized carbons (Fsp3) is 0.421. The van der Waals surface area contributed by atoms with Gasteiger partial charge in [-0.05, 0) is 44.2 Å². The van der Waals surface area contributed by atoms with E-state index >= 15 is 0 Å². The minimum Gasteiger partial charge on any atom is -0.440 e. The van der Waals surface area contributed by atoms with E-state index in [1.165, 1.54) is 0 Å². The molecule has 1 unspecified atom stereocenters. The Kier molecular flexibility index (Phi) is 3.36. The van der Waals surface area contributed by atoms with Gasteiger partial charge in [0.25, 0.3) is 5.91 Å². The number of aromatic nitrogens is 3.